The van der Waals surface area contributed by atoms with Crippen LogP contribution in [0.2, 0.25) is 0 Å². The number of fused-ring (bicyclic) bond motifs is 1. The summed E-state index contributed by atoms with van der Waals surface area (Å²) in [6.45, 7) is 1.13. The molecule has 6 heteroatoms. The molecular formula is C25H24N2O3S. The van der Waals surface area contributed by atoms with Crippen LogP contribution in [0.15, 0.2) is 77.7 Å². The maximum Gasteiger partial charge on any atom is 0.252 e. The summed E-state index contributed by atoms with van der Waals surface area (Å²) >= 11 is 1.40. The number of nitrogens with zero attached hydrogens (tertiary/aromatic N) is 1. The van der Waals surface area contributed by atoms with Crippen LogP contribution in [-0.4, -0.2) is 31.2 Å². The van der Waals surface area contributed by atoms with Gasteiger partial charge in [0.15, 0.2) is 0 Å². The number of benzene rings is 3. The van der Waals surface area contributed by atoms with Crippen molar-refractivity contribution >= 4 is 29.3 Å². The molecule has 0 spiro atoms. The number of anilines is 1. The van der Waals surface area contributed by atoms with E-state index in [1.807, 2.05) is 65.6 Å². The van der Waals surface area contributed by atoms with E-state index in [0.29, 0.717) is 18.7 Å². The van der Waals surface area contributed by atoms with Gasteiger partial charge in [-0.1, -0.05) is 42.5 Å². The van der Waals surface area contributed by atoms with E-state index in [0.717, 1.165) is 28.3 Å². The predicted octanol–water partition coefficient (Wildman–Crippen LogP) is 4.31. The van der Waals surface area contributed by atoms with Crippen molar-refractivity contribution in [3.05, 3.63) is 89.5 Å². The quantitative estimate of drug-likeness (QED) is 0.566. The maximum atomic E-state index is 12.8. The number of methoxy groups -OCH3 is 1. The van der Waals surface area contributed by atoms with Crippen molar-refractivity contribution in [2.24, 2.45) is 0 Å². The van der Waals surface area contributed by atoms with Crippen molar-refractivity contribution in [3.63, 3.8) is 0 Å². The molecule has 2 amide bonds. The van der Waals surface area contributed by atoms with E-state index in [4.69, 9.17) is 4.74 Å². The Kier molecular flexibility index (Phi) is 6.57. The van der Waals surface area contributed by atoms with Crippen LogP contribution >= 0.6 is 11.8 Å². The SMILES string of the molecule is COc1ccc(CNC(=O)c2ccccc2SCC(=O)N2CCc3ccccc32)cc1. The first-order chi connectivity index (χ1) is 15.2. The number of carbonyl (C=O) groups excluding carboxylic acids is 2. The Morgan fingerprint density at radius 1 is 1.00 bits per heavy atom. The van der Waals surface area contributed by atoms with Gasteiger partial charge in [0.1, 0.15) is 5.75 Å². The van der Waals surface area contributed by atoms with Gasteiger partial charge in [0, 0.05) is 23.7 Å². The van der Waals surface area contributed by atoms with E-state index in [-0.39, 0.29) is 17.6 Å². The zero-order valence-electron chi connectivity index (χ0n) is 17.3. The second-order valence-electron chi connectivity index (χ2n) is 7.24. The first-order valence-corrected chi connectivity index (χ1v) is 11.2. The molecule has 3 aromatic carbocycles. The van der Waals surface area contributed by atoms with Crippen molar-refractivity contribution in [1.29, 1.82) is 0 Å². The molecule has 0 radical (unpaired) electrons. The lowest BCUT2D eigenvalue weighted by Gasteiger charge is -2.17. The lowest BCUT2D eigenvalue weighted by Crippen LogP contribution is -2.30. The molecule has 0 aromatic heterocycles. The Morgan fingerprint density at radius 3 is 2.55 bits per heavy atom. The number of amides is 2. The molecule has 4 rings (SSSR count). The Bertz CT molecular complexity index is 1080. The summed E-state index contributed by atoms with van der Waals surface area (Å²) in [5, 5.41) is 2.96. The minimum absolute atomic E-state index is 0.0587. The average Bonchev–Trinajstić information content (AvgIpc) is 3.26. The van der Waals surface area contributed by atoms with E-state index < -0.39 is 0 Å². The Balaban J connectivity index is 1.38. The number of hydrogen-bond acceptors (Lipinski definition) is 4. The fourth-order valence-corrected chi connectivity index (χ4v) is 4.54. The molecule has 1 aliphatic heterocycles. The summed E-state index contributed by atoms with van der Waals surface area (Å²) in [6.07, 6.45) is 0.886. The highest BCUT2D eigenvalue weighted by atomic mass is 32.2. The van der Waals surface area contributed by atoms with Crippen LogP contribution in [0.3, 0.4) is 0 Å². The first-order valence-electron chi connectivity index (χ1n) is 10.2. The molecule has 0 aliphatic carbocycles. The molecule has 0 saturated heterocycles. The monoisotopic (exact) mass is 432 g/mol. The number of hydrogen-bond donors (Lipinski definition) is 1. The first kappa shape index (κ1) is 21.0. The second-order valence-corrected chi connectivity index (χ2v) is 8.26. The molecule has 0 atom stereocenters. The number of para-hydroxylation sites is 1. The number of thioether (sulfide) groups is 1. The minimum Gasteiger partial charge on any atom is -0.497 e. The molecule has 0 saturated carbocycles. The van der Waals surface area contributed by atoms with Crippen LogP contribution in [0, 0.1) is 0 Å². The average molecular weight is 433 g/mol. The van der Waals surface area contributed by atoms with Gasteiger partial charge in [-0.3, -0.25) is 9.59 Å². The van der Waals surface area contributed by atoms with Crippen molar-refractivity contribution in [2.75, 3.05) is 24.3 Å². The summed E-state index contributed by atoms with van der Waals surface area (Å²) in [4.78, 5) is 28.2. The van der Waals surface area contributed by atoms with Crippen LogP contribution in [-0.2, 0) is 17.8 Å². The smallest absolute Gasteiger partial charge is 0.252 e. The summed E-state index contributed by atoms with van der Waals surface area (Å²) in [5.74, 6) is 0.972. The number of ether oxygens (including phenoxy) is 1. The standard InChI is InChI=1S/C25H24N2O3S/c1-30-20-12-10-18(11-13-20)16-26-25(29)21-7-3-5-9-23(21)31-17-24(28)27-15-14-19-6-2-4-8-22(19)27/h2-13H,14-17H2,1H3,(H,26,29). The van der Waals surface area contributed by atoms with Gasteiger partial charge < -0.3 is 15.0 Å². The maximum absolute atomic E-state index is 12.8. The zero-order chi connectivity index (χ0) is 21.6. The van der Waals surface area contributed by atoms with Gasteiger partial charge in [0.2, 0.25) is 5.91 Å². The van der Waals surface area contributed by atoms with Crippen LogP contribution in [0.4, 0.5) is 5.69 Å². The largest absolute Gasteiger partial charge is 0.497 e. The Hall–Kier alpha value is -3.25. The molecule has 0 bridgehead atoms. The van der Waals surface area contributed by atoms with E-state index in [1.165, 1.54) is 17.3 Å². The number of nitrogens with one attached hydrogen (secondary N) is 1. The van der Waals surface area contributed by atoms with Crippen LogP contribution in [0.5, 0.6) is 5.75 Å². The highest BCUT2D eigenvalue weighted by molar-refractivity contribution is 8.00. The highest BCUT2D eigenvalue weighted by Crippen LogP contribution is 2.29. The topological polar surface area (TPSA) is 58.6 Å². The molecule has 0 unspecified atom stereocenters. The van der Waals surface area contributed by atoms with Gasteiger partial charge in [-0.25, -0.2) is 0 Å². The van der Waals surface area contributed by atoms with Gasteiger partial charge in [-0.15, -0.1) is 11.8 Å². The lowest BCUT2D eigenvalue weighted by atomic mass is 10.2. The van der Waals surface area contributed by atoms with E-state index in [1.54, 1.807) is 13.2 Å². The van der Waals surface area contributed by atoms with Gasteiger partial charge in [0.25, 0.3) is 5.91 Å². The lowest BCUT2D eigenvalue weighted by molar-refractivity contribution is -0.116. The molecule has 31 heavy (non-hydrogen) atoms. The van der Waals surface area contributed by atoms with Crippen molar-refractivity contribution in [1.82, 2.24) is 5.32 Å². The molecule has 1 N–H and O–H groups in total. The fourth-order valence-electron chi connectivity index (χ4n) is 3.62. The van der Waals surface area contributed by atoms with Crippen molar-refractivity contribution in [3.8, 4) is 5.75 Å². The minimum atomic E-state index is -0.155. The third-order valence-electron chi connectivity index (χ3n) is 5.28. The molecule has 3 aromatic rings. The number of rotatable bonds is 7. The van der Waals surface area contributed by atoms with Gasteiger partial charge in [-0.2, -0.15) is 0 Å². The van der Waals surface area contributed by atoms with E-state index in [2.05, 4.69) is 11.4 Å². The van der Waals surface area contributed by atoms with Crippen molar-refractivity contribution < 1.29 is 14.3 Å². The summed E-state index contributed by atoms with van der Waals surface area (Å²) in [6, 6.07) is 23.0. The normalized spacial score (nSPS) is 12.4. The fraction of sp³-hybridized carbons (Fsp3) is 0.200. The van der Waals surface area contributed by atoms with E-state index in [9.17, 15) is 9.59 Å². The molecular weight excluding hydrogens is 408 g/mol. The summed E-state index contributed by atoms with van der Waals surface area (Å²) in [5.41, 5.74) is 3.77. The third-order valence-corrected chi connectivity index (χ3v) is 6.34. The van der Waals surface area contributed by atoms with Crippen LogP contribution in [0.1, 0.15) is 21.5 Å². The summed E-state index contributed by atoms with van der Waals surface area (Å²) in [7, 11) is 1.62. The summed E-state index contributed by atoms with van der Waals surface area (Å²) < 4.78 is 5.16. The molecule has 1 aliphatic rings. The molecule has 158 valence electrons. The van der Waals surface area contributed by atoms with Gasteiger partial charge >= 0.3 is 0 Å². The Labute approximate surface area is 186 Å². The van der Waals surface area contributed by atoms with Crippen molar-refractivity contribution in [2.45, 2.75) is 17.9 Å². The van der Waals surface area contributed by atoms with Crippen LogP contribution in [0.25, 0.3) is 0 Å². The highest BCUT2D eigenvalue weighted by Gasteiger charge is 2.24. The second kappa shape index (κ2) is 9.71. The Morgan fingerprint density at radius 2 is 1.74 bits per heavy atom. The molecule has 0 fully saturated rings. The molecule has 5 nitrogen and oxygen atoms in total. The predicted molar refractivity (Wildman–Crippen MR) is 124 cm³/mol. The molecule has 1 heterocycles. The van der Waals surface area contributed by atoms with Gasteiger partial charge in [-0.05, 0) is 47.9 Å². The van der Waals surface area contributed by atoms with E-state index >= 15 is 0 Å². The van der Waals surface area contributed by atoms with Crippen LogP contribution < -0.4 is 15.0 Å². The van der Waals surface area contributed by atoms with Gasteiger partial charge in [0.05, 0.1) is 18.4 Å². The zero-order valence-corrected chi connectivity index (χ0v) is 18.2. The number of carbonyl (C=O) groups is 2. The third kappa shape index (κ3) is 4.91.